The summed E-state index contributed by atoms with van der Waals surface area (Å²) in [4.78, 5) is 15.7. The maximum Gasteiger partial charge on any atom is 0.159 e. The highest BCUT2D eigenvalue weighted by Gasteiger charge is 2.20. The van der Waals surface area contributed by atoms with Gasteiger partial charge in [-0.25, -0.2) is 9.97 Å². The Kier molecular flexibility index (Phi) is 4.32. The minimum atomic E-state index is 0.596. The number of piperidine rings is 1. The van der Waals surface area contributed by atoms with E-state index in [0.717, 1.165) is 47.1 Å². The van der Waals surface area contributed by atoms with E-state index in [1.165, 1.54) is 12.8 Å². The van der Waals surface area contributed by atoms with E-state index in [-0.39, 0.29) is 0 Å². The van der Waals surface area contributed by atoms with Crippen LogP contribution in [0.15, 0.2) is 36.7 Å². The van der Waals surface area contributed by atoms with Crippen molar-refractivity contribution in [1.82, 2.24) is 15.0 Å². The van der Waals surface area contributed by atoms with Gasteiger partial charge in [0.2, 0.25) is 0 Å². The van der Waals surface area contributed by atoms with Gasteiger partial charge in [0.1, 0.15) is 12.0 Å². The molecule has 0 radical (unpaired) electrons. The van der Waals surface area contributed by atoms with Crippen molar-refractivity contribution in [2.45, 2.75) is 26.7 Å². The number of anilines is 4. The highest BCUT2D eigenvalue weighted by atomic mass is 15.2. The van der Waals surface area contributed by atoms with Crippen molar-refractivity contribution in [3.8, 4) is 0 Å². The predicted molar refractivity (Wildman–Crippen MR) is 107 cm³/mol. The van der Waals surface area contributed by atoms with Crippen molar-refractivity contribution in [2.75, 3.05) is 29.0 Å². The number of hydrogen-bond acceptors (Lipinski definition) is 6. The van der Waals surface area contributed by atoms with Gasteiger partial charge in [0, 0.05) is 29.9 Å². The van der Waals surface area contributed by atoms with Gasteiger partial charge in [-0.15, -0.1) is 0 Å². The molecule has 3 heterocycles. The number of hydrogen-bond donors (Lipinski definition) is 2. The summed E-state index contributed by atoms with van der Waals surface area (Å²) in [6.45, 7) is 6.26. The third-order valence-electron chi connectivity index (χ3n) is 5.07. The van der Waals surface area contributed by atoms with Gasteiger partial charge in [0.25, 0.3) is 0 Å². The Labute approximate surface area is 153 Å². The SMILES string of the molecule is Cc1ccc2c(Nc3ncnc(N4CCC(C)CC4)c3N)cccc2n1. The monoisotopic (exact) mass is 348 g/mol. The summed E-state index contributed by atoms with van der Waals surface area (Å²) in [7, 11) is 0. The number of aryl methyl sites for hydroxylation is 1. The molecule has 6 nitrogen and oxygen atoms in total. The number of pyridine rings is 1. The van der Waals surface area contributed by atoms with Crippen LogP contribution in [-0.2, 0) is 0 Å². The van der Waals surface area contributed by atoms with Gasteiger partial charge in [-0.3, -0.25) is 4.98 Å². The van der Waals surface area contributed by atoms with Gasteiger partial charge >= 0.3 is 0 Å². The summed E-state index contributed by atoms with van der Waals surface area (Å²) < 4.78 is 0. The number of aromatic nitrogens is 3. The number of rotatable bonds is 3. The van der Waals surface area contributed by atoms with Gasteiger partial charge in [-0.2, -0.15) is 0 Å². The maximum absolute atomic E-state index is 6.42. The lowest BCUT2D eigenvalue weighted by Crippen LogP contribution is -2.34. The average molecular weight is 348 g/mol. The molecule has 1 fully saturated rings. The number of benzene rings is 1. The molecule has 4 rings (SSSR count). The molecule has 3 aromatic rings. The third kappa shape index (κ3) is 3.14. The molecule has 0 spiro atoms. The summed E-state index contributed by atoms with van der Waals surface area (Å²) >= 11 is 0. The molecule has 1 saturated heterocycles. The van der Waals surface area contributed by atoms with Gasteiger partial charge in [0.15, 0.2) is 11.6 Å². The van der Waals surface area contributed by atoms with E-state index in [0.29, 0.717) is 11.5 Å². The van der Waals surface area contributed by atoms with Crippen molar-refractivity contribution < 1.29 is 0 Å². The van der Waals surface area contributed by atoms with Crippen LogP contribution in [0.5, 0.6) is 0 Å². The van der Waals surface area contributed by atoms with Crippen molar-refractivity contribution in [3.05, 3.63) is 42.4 Å². The van der Waals surface area contributed by atoms with Crippen LogP contribution in [0.4, 0.5) is 23.0 Å². The lowest BCUT2D eigenvalue weighted by atomic mass is 9.99. The van der Waals surface area contributed by atoms with Crippen molar-refractivity contribution in [2.24, 2.45) is 5.92 Å². The molecule has 3 N–H and O–H groups in total. The van der Waals surface area contributed by atoms with Gasteiger partial charge in [-0.1, -0.05) is 13.0 Å². The van der Waals surface area contributed by atoms with Crippen LogP contribution in [0.3, 0.4) is 0 Å². The minimum absolute atomic E-state index is 0.596. The van der Waals surface area contributed by atoms with E-state index in [2.05, 4.69) is 38.2 Å². The van der Waals surface area contributed by atoms with Gasteiger partial charge < -0.3 is 16.0 Å². The van der Waals surface area contributed by atoms with Crippen LogP contribution in [0.1, 0.15) is 25.5 Å². The quantitative estimate of drug-likeness (QED) is 0.747. The topological polar surface area (TPSA) is 80.0 Å². The Morgan fingerprint density at radius 1 is 1.12 bits per heavy atom. The number of nitrogen functional groups attached to an aromatic ring is 1. The largest absolute Gasteiger partial charge is 0.393 e. The first-order valence-electron chi connectivity index (χ1n) is 9.10. The van der Waals surface area contributed by atoms with E-state index in [4.69, 9.17) is 5.73 Å². The minimum Gasteiger partial charge on any atom is -0.393 e. The fraction of sp³-hybridized carbons (Fsp3) is 0.350. The fourth-order valence-corrected chi connectivity index (χ4v) is 3.45. The highest BCUT2D eigenvalue weighted by Crippen LogP contribution is 2.32. The lowest BCUT2D eigenvalue weighted by Gasteiger charge is -2.32. The van der Waals surface area contributed by atoms with Gasteiger partial charge in [0.05, 0.1) is 5.52 Å². The van der Waals surface area contributed by atoms with Crippen molar-refractivity contribution in [1.29, 1.82) is 0 Å². The molecule has 1 aromatic carbocycles. The van der Waals surface area contributed by atoms with Crippen LogP contribution in [0.25, 0.3) is 10.9 Å². The van der Waals surface area contributed by atoms with Crippen molar-refractivity contribution in [3.63, 3.8) is 0 Å². The Balaban J connectivity index is 1.66. The first-order valence-corrected chi connectivity index (χ1v) is 9.10. The molecule has 1 aliphatic rings. The molecule has 26 heavy (non-hydrogen) atoms. The van der Waals surface area contributed by atoms with Crippen molar-refractivity contribution >= 4 is 33.9 Å². The van der Waals surface area contributed by atoms with Crippen LogP contribution >= 0.6 is 0 Å². The average Bonchev–Trinajstić information content (AvgIpc) is 2.64. The fourth-order valence-electron chi connectivity index (χ4n) is 3.45. The second kappa shape index (κ2) is 6.78. The summed E-state index contributed by atoms with van der Waals surface area (Å²) in [5.41, 5.74) is 9.91. The van der Waals surface area contributed by atoms with Crippen LogP contribution in [0.2, 0.25) is 0 Å². The van der Waals surface area contributed by atoms with E-state index in [9.17, 15) is 0 Å². The number of nitrogens with one attached hydrogen (secondary N) is 1. The zero-order valence-electron chi connectivity index (χ0n) is 15.2. The smallest absolute Gasteiger partial charge is 0.159 e. The summed E-state index contributed by atoms with van der Waals surface area (Å²) in [6.07, 6.45) is 3.92. The Hall–Kier alpha value is -2.89. The first-order chi connectivity index (χ1) is 12.6. The van der Waals surface area contributed by atoms with E-state index in [1.54, 1.807) is 6.33 Å². The predicted octanol–water partition coefficient (Wildman–Crippen LogP) is 3.90. The Morgan fingerprint density at radius 2 is 1.92 bits per heavy atom. The molecular weight excluding hydrogens is 324 g/mol. The summed E-state index contributed by atoms with van der Waals surface area (Å²) in [5.74, 6) is 2.23. The lowest BCUT2D eigenvalue weighted by molar-refractivity contribution is 0.437. The molecule has 2 aromatic heterocycles. The standard InChI is InChI=1S/C20H24N6/c1-13-8-10-26(11-9-13)20-18(21)19(22-12-23-20)25-17-5-3-4-16-15(17)7-6-14(2)24-16/h3-7,12-13H,8-11,21H2,1-2H3,(H,22,23,25). The Morgan fingerprint density at radius 3 is 2.73 bits per heavy atom. The normalized spacial score (nSPS) is 15.4. The zero-order valence-corrected chi connectivity index (χ0v) is 15.2. The van der Waals surface area contributed by atoms with E-state index in [1.807, 2.05) is 31.2 Å². The van der Waals surface area contributed by atoms with E-state index < -0.39 is 0 Å². The zero-order chi connectivity index (χ0) is 18.1. The second-order valence-electron chi connectivity index (χ2n) is 7.08. The van der Waals surface area contributed by atoms with Crippen LogP contribution < -0.4 is 16.0 Å². The second-order valence-corrected chi connectivity index (χ2v) is 7.08. The first kappa shape index (κ1) is 16.6. The molecule has 134 valence electrons. The number of nitrogens with two attached hydrogens (primary N) is 1. The van der Waals surface area contributed by atoms with Crippen LogP contribution in [0, 0.1) is 12.8 Å². The molecule has 0 unspecified atom stereocenters. The molecular formula is C20H24N6. The number of nitrogens with zero attached hydrogens (tertiary/aromatic N) is 4. The van der Waals surface area contributed by atoms with Gasteiger partial charge in [-0.05, 0) is 49.9 Å². The number of fused-ring (bicyclic) bond motifs is 1. The summed E-state index contributed by atoms with van der Waals surface area (Å²) in [6, 6.07) is 10.1. The maximum atomic E-state index is 6.42. The summed E-state index contributed by atoms with van der Waals surface area (Å²) in [5, 5.41) is 4.43. The molecule has 1 aliphatic heterocycles. The van der Waals surface area contributed by atoms with Crippen LogP contribution in [-0.4, -0.2) is 28.0 Å². The third-order valence-corrected chi connectivity index (χ3v) is 5.07. The Bertz CT molecular complexity index is 931. The molecule has 0 aliphatic carbocycles. The molecule has 0 atom stereocenters. The molecule has 0 saturated carbocycles. The van der Waals surface area contributed by atoms with E-state index >= 15 is 0 Å². The molecule has 0 bridgehead atoms. The molecule has 0 amide bonds. The molecule has 6 heteroatoms. The highest BCUT2D eigenvalue weighted by molar-refractivity contribution is 5.94.